The summed E-state index contributed by atoms with van der Waals surface area (Å²) in [5, 5.41) is 2.84. The largest absolute Gasteiger partial charge is 0.493 e. The highest BCUT2D eigenvalue weighted by Crippen LogP contribution is 2.30. The summed E-state index contributed by atoms with van der Waals surface area (Å²) in [5.74, 6) is 3.47. The highest BCUT2D eigenvalue weighted by Gasteiger charge is 2.18. The molecular formula is C18H20N2O4S. The Morgan fingerprint density at radius 2 is 2.04 bits per heavy atom. The first-order valence-electron chi connectivity index (χ1n) is 7.93. The van der Waals surface area contributed by atoms with E-state index >= 15 is 0 Å². The number of carbonyl (C=O) groups is 1. The number of hydrogen-bond acceptors (Lipinski definition) is 6. The number of pyridine rings is 1. The second-order valence-corrected chi connectivity index (χ2v) is 6.66. The summed E-state index contributed by atoms with van der Waals surface area (Å²) in [4.78, 5) is 16.7. The van der Waals surface area contributed by atoms with Gasteiger partial charge in [-0.3, -0.25) is 4.79 Å². The molecule has 1 unspecified atom stereocenters. The highest BCUT2D eigenvalue weighted by atomic mass is 32.2. The summed E-state index contributed by atoms with van der Waals surface area (Å²) in [6, 6.07) is 8.54. The van der Waals surface area contributed by atoms with E-state index in [1.165, 1.54) is 0 Å². The maximum Gasteiger partial charge on any atom is 0.255 e. The number of carbonyl (C=O) groups excluding carboxylic acids is 1. The van der Waals surface area contributed by atoms with Gasteiger partial charge in [0.25, 0.3) is 5.91 Å². The van der Waals surface area contributed by atoms with Crippen molar-refractivity contribution in [3.63, 3.8) is 0 Å². The molecule has 1 fully saturated rings. The van der Waals surface area contributed by atoms with Crippen LogP contribution in [0.4, 0.5) is 5.69 Å². The van der Waals surface area contributed by atoms with E-state index in [0.29, 0.717) is 28.6 Å². The molecule has 1 aliphatic heterocycles. The first-order valence-corrected chi connectivity index (χ1v) is 9.09. The first-order chi connectivity index (χ1) is 12.2. The summed E-state index contributed by atoms with van der Waals surface area (Å²) in [6.07, 6.45) is 2.76. The number of amides is 1. The van der Waals surface area contributed by atoms with E-state index in [1.54, 1.807) is 50.7 Å². The van der Waals surface area contributed by atoms with E-state index in [0.717, 1.165) is 17.9 Å². The summed E-state index contributed by atoms with van der Waals surface area (Å²) in [5.41, 5.74) is 1.11. The maximum absolute atomic E-state index is 12.5. The van der Waals surface area contributed by atoms with Crippen LogP contribution in [-0.4, -0.2) is 42.7 Å². The summed E-state index contributed by atoms with van der Waals surface area (Å²) < 4.78 is 16.3. The van der Waals surface area contributed by atoms with Crippen LogP contribution in [0.3, 0.4) is 0 Å². The highest BCUT2D eigenvalue weighted by molar-refractivity contribution is 7.99. The third-order valence-corrected chi connectivity index (χ3v) is 4.95. The van der Waals surface area contributed by atoms with Gasteiger partial charge in [-0.15, -0.1) is 0 Å². The van der Waals surface area contributed by atoms with Gasteiger partial charge < -0.3 is 19.5 Å². The molecule has 132 valence electrons. The fraction of sp³-hybridized carbons (Fsp3) is 0.333. The Balaban J connectivity index is 1.70. The summed E-state index contributed by atoms with van der Waals surface area (Å²) in [7, 11) is 3.12. The van der Waals surface area contributed by atoms with Crippen molar-refractivity contribution in [3.8, 4) is 17.4 Å². The van der Waals surface area contributed by atoms with Gasteiger partial charge in [-0.2, -0.15) is 11.8 Å². The Morgan fingerprint density at radius 1 is 1.20 bits per heavy atom. The molecule has 0 radical (unpaired) electrons. The van der Waals surface area contributed by atoms with E-state index in [-0.39, 0.29) is 12.0 Å². The van der Waals surface area contributed by atoms with Crippen molar-refractivity contribution < 1.29 is 19.0 Å². The van der Waals surface area contributed by atoms with Crippen LogP contribution in [-0.2, 0) is 0 Å². The lowest BCUT2D eigenvalue weighted by atomic mass is 10.2. The Hall–Kier alpha value is -2.41. The zero-order chi connectivity index (χ0) is 17.6. The number of methoxy groups -OCH3 is 2. The van der Waals surface area contributed by atoms with Gasteiger partial charge >= 0.3 is 0 Å². The molecule has 0 saturated carbocycles. The molecular weight excluding hydrogens is 340 g/mol. The number of nitrogens with one attached hydrogen (secondary N) is 1. The first kappa shape index (κ1) is 17.4. The number of benzene rings is 1. The zero-order valence-electron chi connectivity index (χ0n) is 14.2. The second kappa shape index (κ2) is 8.11. The number of hydrogen-bond donors (Lipinski definition) is 1. The second-order valence-electron chi connectivity index (χ2n) is 5.51. The smallest absolute Gasteiger partial charge is 0.255 e. The summed E-state index contributed by atoms with van der Waals surface area (Å²) in [6.45, 7) is 0. The van der Waals surface area contributed by atoms with Gasteiger partial charge in [0.05, 0.1) is 14.2 Å². The molecule has 0 aliphatic carbocycles. The minimum Gasteiger partial charge on any atom is -0.493 e. The number of anilines is 1. The van der Waals surface area contributed by atoms with Crippen LogP contribution in [0.1, 0.15) is 16.8 Å². The Morgan fingerprint density at radius 3 is 2.76 bits per heavy atom. The zero-order valence-corrected chi connectivity index (χ0v) is 15.0. The number of thioether (sulfide) groups is 1. The van der Waals surface area contributed by atoms with E-state index in [2.05, 4.69) is 10.3 Å². The maximum atomic E-state index is 12.5. The van der Waals surface area contributed by atoms with Gasteiger partial charge in [0.2, 0.25) is 5.88 Å². The fourth-order valence-electron chi connectivity index (χ4n) is 2.51. The molecule has 1 aromatic carbocycles. The van der Waals surface area contributed by atoms with Crippen LogP contribution >= 0.6 is 11.8 Å². The third-order valence-electron chi connectivity index (χ3n) is 3.81. The molecule has 3 rings (SSSR count). The predicted octanol–water partition coefficient (Wildman–Crippen LogP) is 3.24. The SMILES string of the molecule is COc1ccc(NC(=O)c2ccnc(OC3CCSC3)c2)cc1OC. The Kier molecular flexibility index (Phi) is 5.65. The van der Waals surface area contributed by atoms with Crippen LogP contribution in [0.25, 0.3) is 0 Å². The van der Waals surface area contributed by atoms with E-state index in [1.807, 2.05) is 11.8 Å². The van der Waals surface area contributed by atoms with Crippen LogP contribution in [0, 0.1) is 0 Å². The lowest BCUT2D eigenvalue weighted by Crippen LogP contribution is -2.17. The Bertz CT molecular complexity index is 748. The minimum absolute atomic E-state index is 0.168. The molecule has 1 saturated heterocycles. The van der Waals surface area contributed by atoms with Crippen molar-refractivity contribution in [3.05, 3.63) is 42.1 Å². The molecule has 7 heteroatoms. The van der Waals surface area contributed by atoms with Gasteiger partial charge in [-0.1, -0.05) is 0 Å². The molecule has 1 aromatic heterocycles. The van der Waals surface area contributed by atoms with Gasteiger partial charge in [-0.05, 0) is 30.4 Å². The van der Waals surface area contributed by atoms with E-state index < -0.39 is 0 Å². The molecule has 2 aromatic rings. The van der Waals surface area contributed by atoms with E-state index in [9.17, 15) is 4.79 Å². The molecule has 0 bridgehead atoms. The molecule has 2 heterocycles. The van der Waals surface area contributed by atoms with Crippen molar-refractivity contribution >= 4 is 23.4 Å². The standard InChI is InChI=1S/C18H20N2O4S/c1-22-15-4-3-13(10-16(15)23-2)20-18(21)12-5-7-19-17(9-12)24-14-6-8-25-11-14/h3-5,7,9-10,14H,6,8,11H2,1-2H3,(H,20,21). The van der Waals surface area contributed by atoms with Gasteiger partial charge in [0, 0.05) is 35.3 Å². The Labute approximate surface area is 150 Å². The fourth-order valence-corrected chi connectivity index (χ4v) is 3.60. The van der Waals surface area contributed by atoms with Crippen LogP contribution < -0.4 is 19.5 Å². The average molecular weight is 360 g/mol. The topological polar surface area (TPSA) is 69.7 Å². The number of ether oxygens (including phenoxy) is 3. The lowest BCUT2D eigenvalue weighted by molar-refractivity contribution is 0.102. The lowest BCUT2D eigenvalue weighted by Gasteiger charge is -2.13. The van der Waals surface area contributed by atoms with Gasteiger partial charge in [0.1, 0.15) is 6.10 Å². The molecule has 1 amide bonds. The average Bonchev–Trinajstić information content (AvgIpc) is 3.14. The monoisotopic (exact) mass is 360 g/mol. The summed E-state index contributed by atoms with van der Waals surface area (Å²) >= 11 is 1.87. The van der Waals surface area contributed by atoms with Gasteiger partial charge in [0.15, 0.2) is 11.5 Å². The van der Waals surface area contributed by atoms with Crippen molar-refractivity contribution in [2.75, 3.05) is 31.0 Å². The van der Waals surface area contributed by atoms with Crippen molar-refractivity contribution in [2.24, 2.45) is 0 Å². The third kappa shape index (κ3) is 4.36. The number of aromatic nitrogens is 1. The molecule has 0 spiro atoms. The molecule has 1 aliphatic rings. The molecule has 6 nitrogen and oxygen atoms in total. The van der Waals surface area contributed by atoms with E-state index in [4.69, 9.17) is 14.2 Å². The van der Waals surface area contributed by atoms with Crippen molar-refractivity contribution in [1.29, 1.82) is 0 Å². The molecule has 25 heavy (non-hydrogen) atoms. The van der Waals surface area contributed by atoms with Crippen molar-refractivity contribution in [2.45, 2.75) is 12.5 Å². The number of nitrogens with zero attached hydrogens (tertiary/aromatic N) is 1. The number of rotatable bonds is 6. The quantitative estimate of drug-likeness (QED) is 0.853. The molecule has 1 N–H and O–H groups in total. The molecule has 1 atom stereocenters. The van der Waals surface area contributed by atoms with Crippen molar-refractivity contribution in [1.82, 2.24) is 4.98 Å². The van der Waals surface area contributed by atoms with Crippen LogP contribution in [0.15, 0.2) is 36.5 Å². The van der Waals surface area contributed by atoms with Crippen LogP contribution in [0.2, 0.25) is 0 Å². The minimum atomic E-state index is -0.236. The van der Waals surface area contributed by atoms with Crippen LogP contribution in [0.5, 0.6) is 17.4 Å². The van der Waals surface area contributed by atoms with Gasteiger partial charge in [-0.25, -0.2) is 4.98 Å². The predicted molar refractivity (Wildman–Crippen MR) is 98.1 cm³/mol. The normalized spacial score (nSPS) is 16.3.